The average molecular weight is 272 g/mol. The summed E-state index contributed by atoms with van der Waals surface area (Å²) in [5.74, 6) is 0. The van der Waals surface area contributed by atoms with Gasteiger partial charge in [0.15, 0.2) is 0 Å². The maximum absolute atomic E-state index is 4.35. The first-order valence-corrected chi connectivity index (χ1v) is 7.45. The second-order valence-corrected chi connectivity index (χ2v) is 5.12. The molecule has 0 spiro atoms. The lowest BCUT2D eigenvalue weighted by atomic mass is 10.0. The summed E-state index contributed by atoms with van der Waals surface area (Å²) in [7, 11) is 0. The van der Waals surface area contributed by atoms with E-state index in [0.29, 0.717) is 6.04 Å². The fourth-order valence-electron chi connectivity index (χ4n) is 2.34. The van der Waals surface area contributed by atoms with Gasteiger partial charge in [-0.05, 0) is 49.9 Å². The molecule has 4 heteroatoms. The summed E-state index contributed by atoms with van der Waals surface area (Å²) < 4.78 is 1.98. The summed E-state index contributed by atoms with van der Waals surface area (Å²) >= 11 is 0. The third-order valence-corrected chi connectivity index (χ3v) is 3.38. The Morgan fingerprint density at radius 2 is 2.05 bits per heavy atom. The van der Waals surface area contributed by atoms with Crippen molar-refractivity contribution in [2.24, 2.45) is 0 Å². The van der Waals surface area contributed by atoms with Gasteiger partial charge < -0.3 is 5.32 Å². The highest BCUT2D eigenvalue weighted by molar-refractivity contribution is 5.13. The Kier molecular flexibility index (Phi) is 5.74. The predicted molar refractivity (Wildman–Crippen MR) is 81.6 cm³/mol. The average Bonchev–Trinajstić information content (AvgIpc) is 2.93. The minimum atomic E-state index is 0.439. The van der Waals surface area contributed by atoms with E-state index in [2.05, 4.69) is 41.5 Å². The van der Waals surface area contributed by atoms with Crippen LogP contribution in [-0.2, 0) is 19.4 Å². The summed E-state index contributed by atoms with van der Waals surface area (Å²) in [6.45, 7) is 6.28. The quantitative estimate of drug-likeness (QED) is 0.802. The number of hydrogen-bond donors (Lipinski definition) is 1. The van der Waals surface area contributed by atoms with Gasteiger partial charge in [-0.25, -0.2) is 0 Å². The van der Waals surface area contributed by atoms with Crippen LogP contribution in [0.15, 0.2) is 36.9 Å². The number of nitrogens with one attached hydrogen (secondary N) is 1. The number of nitrogens with zero attached hydrogens (tertiary/aromatic N) is 3. The molecule has 1 atom stereocenters. The maximum atomic E-state index is 4.35. The summed E-state index contributed by atoms with van der Waals surface area (Å²) in [5, 5.41) is 7.98. The molecule has 0 aliphatic heterocycles. The standard InChI is InChI=1S/C16H24N4/c1-3-7-18-16(9-14-6-5-8-17-11-14)10-15-12-19-20(4-2)13-15/h5-6,8,11-13,16,18H,3-4,7,9-10H2,1-2H3. The zero-order valence-corrected chi connectivity index (χ0v) is 12.4. The van der Waals surface area contributed by atoms with Crippen molar-refractivity contribution in [3.63, 3.8) is 0 Å². The monoisotopic (exact) mass is 272 g/mol. The third-order valence-electron chi connectivity index (χ3n) is 3.38. The van der Waals surface area contributed by atoms with Gasteiger partial charge in [0, 0.05) is 31.2 Å². The molecule has 0 aliphatic rings. The molecule has 0 radical (unpaired) electrons. The zero-order chi connectivity index (χ0) is 14.2. The predicted octanol–water partition coefficient (Wildman–Crippen LogP) is 2.45. The first kappa shape index (κ1) is 14.7. The van der Waals surface area contributed by atoms with E-state index < -0.39 is 0 Å². The second-order valence-electron chi connectivity index (χ2n) is 5.12. The fourth-order valence-corrected chi connectivity index (χ4v) is 2.34. The molecule has 0 saturated heterocycles. The molecule has 1 N–H and O–H groups in total. The topological polar surface area (TPSA) is 42.7 Å². The molecule has 2 rings (SSSR count). The molecule has 2 aromatic heterocycles. The van der Waals surface area contributed by atoms with Crippen LogP contribution in [0.3, 0.4) is 0 Å². The van der Waals surface area contributed by atoms with Gasteiger partial charge in [-0.15, -0.1) is 0 Å². The van der Waals surface area contributed by atoms with Gasteiger partial charge >= 0.3 is 0 Å². The molecule has 0 saturated carbocycles. The highest BCUT2D eigenvalue weighted by Crippen LogP contribution is 2.08. The molecule has 2 aromatic rings. The number of rotatable bonds is 8. The Hall–Kier alpha value is -1.68. The Morgan fingerprint density at radius 3 is 2.70 bits per heavy atom. The van der Waals surface area contributed by atoms with Crippen molar-refractivity contribution in [1.29, 1.82) is 0 Å². The van der Waals surface area contributed by atoms with E-state index in [0.717, 1.165) is 32.4 Å². The van der Waals surface area contributed by atoms with Crippen molar-refractivity contribution in [3.05, 3.63) is 48.0 Å². The first-order valence-electron chi connectivity index (χ1n) is 7.45. The van der Waals surface area contributed by atoms with E-state index in [-0.39, 0.29) is 0 Å². The zero-order valence-electron chi connectivity index (χ0n) is 12.4. The number of pyridine rings is 1. The molecule has 108 valence electrons. The molecule has 0 aliphatic carbocycles. The van der Waals surface area contributed by atoms with Crippen LogP contribution in [-0.4, -0.2) is 27.4 Å². The van der Waals surface area contributed by atoms with E-state index in [1.54, 1.807) is 0 Å². The smallest absolute Gasteiger partial charge is 0.0522 e. The minimum Gasteiger partial charge on any atom is -0.313 e. The van der Waals surface area contributed by atoms with E-state index in [9.17, 15) is 0 Å². The van der Waals surface area contributed by atoms with Crippen LogP contribution in [0.25, 0.3) is 0 Å². The number of aryl methyl sites for hydroxylation is 1. The van der Waals surface area contributed by atoms with Crippen molar-refractivity contribution < 1.29 is 0 Å². The van der Waals surface area contributed by atoms with E-state index >= 15 is 0 Å². The van der Waals surface area contributed by atoms with Crippen LogP contribution in [0.4, 0.5) is 0 Å². The van der Waals surface area contributed by atoms with E-state index in [1.165, 1.54) is 11.1 Å². The van der Waals surface area contributed by atoms with Crippen molar-refractivity contribution in [2.75, 3.05) is 6.54 Å². The van der Waals surface area contributed by atoms with Crippen molar-refractivity contribution >= 4 is 0 Å². The number of hydrogen-bond acceptors (Lipinski definition) is 3. The molecule has 2 heterocycles. The van der Waals surface area contributed by atoms with Gasteiger partial charge in [-0.1, -0.05) is 13.0 Å². The van der Waals surface area contributed by atoms with Gasteiger partial charge in [0.05, 0.1) is 6.20 Å². The SMILES string of the molecule is CCCNC(Cc1cccnc1)Cc1cnn(CC)c1. The third kappa shape index (κ3) is 4.46. The number of aromatic nitrogens is 3. The lowest BCUT2D eigenvalue weighted by Crippen LogP contribution is -2.33. The molecule has 0 amide bonds. The Labute approximate surface area is 121 Å². The van der Waals surface area contributed by atoms with Gasteiger partial charge in [-0.3, -0.25) is 9.67 Å². The molecule has 4 nitrogen and oxygen atoms in total. The van der Waals surface area contributed by atoms with Crippen molar-refractivity contribution in [2.45, 2.75) is 45.7 Å². The first-order chi connectivity index (χ1) is 9.81. The molecule has 1 unspecified atom stereocenters. The molecule has 0 aromatic carbocycles. The molecule has 0 fully saturated rings. The highest BCUT2D eigenvalue weighted by Gasteiger charge is 2.11. The molecular formula is C16H24N4. The molecule has 0 bridgehead atoms. The summed E-state index contributed by atoms with van der Waals surface area (Å²) in [6.07, 6.45) is 11.1. The summed E-state index contributed by atoms with van der Waals surface area (Å²) in [4.78, 5) is 4.20. The fraction of sp³-hybridized carbons (Fsp3) is 0.500. The maximum Gasteiger partial charge on any atom is 0.0522 e. The Morgan fingerprint density at radius 1 is 1.20 bits per heavy atom. The van der Waals surface area contributed by atoms with Crippen molar-refractivity contribution in [1.82, 2.24) is 20.1 Å². The lowest BCUT2D eigenvalue weighted by molar-refractivity contribution is 0.504. The van der Waals surface area contributed by atoms with Crippen LogP contribution >= 0.6 is 0 Å². The Bertz CT molecular complexity index is 492. The summed E-state index contributed by atoms with van der Waals surface area (Å²) in [6, 6.07) is 4.58. The Balaban J connectivity index is 1.99. The van der Waals surface area contributed by atoms with Crippen LogP contribution in [0.5, 0.6) is 0 Å². The van der Waals surface area contributed by atoms with E-state index in [4.69, 9.17) is 0 Å². The second kappa shape index (κ2) is 7.80. The van der Waals surface area contributed by atoms with Gasteiger partial charge in [0.25, 0.3) is 0 Å². The van der Waals surface area contributed by atoms with Crippen LogP contribution < -0.4 is 5.32 Å². The highest BCUT2D eigenvalue weighted by atomic mass is 15.3. The van der Waals surface area contributed by atoms with Gasteiger partial charge in [-0.2, -0.15) is 5.10 Å². The normalized spacial score (nSPS) is 12.5. The minimum absolute atomic E-state index is 0.439. The van der Waals surface area contributed by atoms with Gasteiger partial charge in [0.1, 0.15) is 0 Å². The molecular weight excluding hydrogens is 248 g/mol. The van der Waals surface area contributed by atoms with Crippen LogP contribution in [0, 0.1) is 0 Å². The van der Waals surface area contributed by atoms with E-state index in [1.807, 2.05) is 29.3 Å². The summed E-state index contributed by atoms with van der Waals surface area (Å²) in [5.41, 5.74) is 2.58. The molecule has 20 heavy (non-hydrogen) atoms. The van der Waals surface area contributed by atoms with Crippen molar-refractivity contribution in [3.8, 4) is 0 Å². The van der Waals surface area contributed by atoms with Gasteiger partial charge in [0.2, 0.25) is 0 Å². The van der Waals surface area contributed by atoms with Crippen LogP contribution in [0.2, 0.25) is 0 Å². The largest absolute Gasteiger partial charge is 0.313 e. The van der Waals surface area contributed by atoms with Crippen LogP contribution in [0.1, 0.15) is 31.4 Å². The lowest BCUT2D eigenvalue weighted by Gasteiger charge is -2.17.